The van der Waals surface area contributed by atoms with Gasteiger partial charge in [-0.05, 0) is 44.7 Å². The van der Waals surface area contributed by atoms with E-state index in [1.807, 2.05) is 26.8 Å². The van der Waals surface area contributed by atoms with Crippen LogP contribution in [0.1, 0.15) is 48.0 Å². The van der Waals surface area contributed by atoms with Gasteiger partial charge in [0.15, 0.2) is 0 Å². The summed E-state index contributed by atoms with van der Waals surface area (Å²) in [7, 11) is 0. The van der Waals surface area contributed by atoms with Crippen molar-refractivity contribution in [2.45, 2.75) is 52.5 Å². The molecule has 0 saturated heterocycles. The number of aliphatic imine (C=N–C) groups is 1. The van der Waals surface area contributed by atoms with Crippen molar-refractivity contribution in [2.24, 2.45) is 10.9 Å². The Balaban J connectivity index is 1.97. The molecule has 0 amide bonds. The first-order valence-corrected chi connectivity index (χ1v) is 11.8. The van der Waals surface area contributed by atoms with Gasteiger partial charge in [-0.1, -0.05) is 13.3 Å². The van der Waals surface area contributed by atoms with Gasteiger partial charge in [0.2, 0.25) is 5.95 Å². The van der Waals surface area contributed by atoms with Crippen LogP contribution in [0.2, 0.25) is 0 Å². The molecule has 7 nitrogen and oxygen atoms in total. The molecular formula is C22H29F3N6OS. The quantitative estimate of drug-likeness (QED) is 0.467. The molecule has 180 valence electrons. The summed E-state index contributed by atoms with van der Waals surface area (Å²) < 4.78 is 38.1. The molecule has 33 heavy (non-hydrogen) atoms. The highest BCUT2D eigenvalue weighted by Crippen LogP contribution is 2.37. The summed E-state index contributed by atoms with van der Waals surface area (Å²) in [6, 6.07) is 2.02. The Labute approximate surface area is 195 Å². The van der Waals surface area contributed by atoms with Crippen molar-refractivity contribution in [2.75, 3.05) is 30.3 Å². The van der Waals surface area contributed by atoms with E-state index in [9.17, 15) is 18.3 Å². The molecule has 0 saturated carbocycles. The van der Waals surface area contributed by atoms with Crippen LogP contribution in [-0.4, -0.2) is 51.0 Å². The third kappa shape index (κ3) is 6.57. The van der Waals surface area contributed by atoms with Crippen molar-refractivity contribution in [1.82, 2.24) is 15.0 Å². The van der Waals surface area contributed by atoms with Crippen molar-refractivity contribution in [3.8, 4) is 0 Å². The Morgan fingerprint density at radius 1 is 1.12 bits per heavy atom. The maximum Gasteiger partial charge on any atom is 0.405 e. The van der Waals surface area contributed by atoms with E-state index >= 15 is 0 Å². The first-order valence-electron chi connectivity index (χ1n) is 10.8. The van der Waals surface area contributed by atoms with Gasteiger partial charge in [-0.15, -0.1) is 11.8 Å². The predicted molar refractivity (Wildman–Crippen MR) is 126 cm³/mol. The Morgan fingerprint density at radius 2 is 1.88 bits per heavy atom. The molecule has 0 fully saturated rings. The molecule has 11 heteroatoms. The number of aromatic nitrogens is 3. The number of thioether (sulfide) groups is 1. The number of nitrogens with one attached hydrogen (secondary N) is 2. The number of aryl methyl sites for hydroxylation is 3. The average Bonchev–Trinajstić information content (AvgIpc) is 2.74. The minimum atomic E-state index is -4.38. The van der Waals surface area contributed by atoms with Crippen LogP contribution in [0, 0.1) is 26.7 Å². The lowest BCUT2D eigenvalue weighted by Gasteiger charge is -2.21. The Kier molecular flexibility index (Phi) is 8.17. The summed E-state index contributed by atoms with van der Waals surface area (Å²) in [5, 5.41) is 15.7. The molecule has 2 aromatic heterocycles. The first-order chi connectivity index (χ1) is 15.6. The summed E-state index contributed by atoms with van der Waals surface area (Å²) in [5.41, 5.74) is 4.86. The van der Waals surface area contributed by atoms with E-state index in [1.165, 1.54) is 11.8 Å². The third-order valence-corrected chi connectivity index (χ3v) is 6.41. The van der Waals surface area contributed by atoms with Crippen LogP contribution in [0.3, 0.4) is 0 Å². The van der Waals surface area contributed by atoms with Crippen LogP contribution >= 0.6 is 11.8 Å². The smallest absolute Gasteiger partial charge is 0.396 e. The molecule has 1 unspecified atom stereocenters. The lowest BCUT2D eigenvalue weighted by molar-refractivity contribution is -0.115. The van der Waals surface area contributed by atoms with Crippen LogP contribution in [0.15, 0.2) is 11.1 Å². The second kappa shape index (κ2) is 10.7. The van der Waals surface area contributed by atoms with Crippen molar-refractivity contribution in [1.29, 1.82) is 0 Å². The van der Waals surface area contributed by atoms with Gasteiger partial charge in [0, 0.05) is 24.6 Å². The molecular weight excluding hydrogens is 453 g/mol. The summed E-state index contributed by atoms with van der Waals surface area (Å²) in [6.45, 7) is 6.97. The van der Waals surface area contributed by atoms with Crippen LogP contribution in [-0.2, 0) is 5.75 Å². The normalized spacial score (nSPS) is 14.5. The number of alkyl halides is 3. The Bertz CT molecular complexity index is 1020. The highest BCUT2D eigenvalue weighted by atomic mass is 32.2. The lowest BCUT2D eigenvalue weighted by atomic mass is 10.0. The summed E-state index contributed by atoms with van der Waals surface area (Å²) in [6.07, 6.45) is -2.85. The van der Waals surface area contributed by atoms with Gasteiger partial charge in [0.05, 0.1) is 22.6 Å². The maximum absolute atomic E-state index is 12.7. The number of halogens is 3. The molecule has 3 rings (SSSR count). The highest BCUT2D eigenvalue weighted by Gasteiger charge is 2.28. The number of fused-ring (bicyclic) bond motifs is 1. The van der Waals surface area contributed by atoms with E-state index in [4.69, 9.17) is 4.99 Å². The van der Waals surface area contributed by atoms with Crippen molar-refractivity contribution < 1.29 is 18.3 Å². The standard InChI is InChI=1S/C22H29F3N6OS/c1-5-15(9-32)6-7-26-19-17(13(3)29-21(31-19)27-11-22(23,24)25)20-30-18-14(4)28-12(2)8-16(18)10-33-20/h8,15,32H,5-7,9-11H2,1-4H3,(H2,26,27,29,31). The third-order valence-electron chi connectivity index (χ3n) is 5.38. The number of nitrogens with zero attached hydrogens (tertiary/aromatic N) is 4. The monoisotopic (exact) mass is 482 g/mol. The van der Waals surface area contributed by atoms with Gasteiger partial charge < -0.3 is 15.7 Å². The van der Waals surface area contributed by atoms with E-state index in [2.05, 4.69) is 25.6 Å². The lowest BCUT2D eigenvalue weighted by Crippen LogP contribution is -2.23. The first kappa shape index (κ1) is 25.2. The molecule has 1 aliphatic rings. The zero-order chi connectivity index (χ0) is 24.2. The van der Waals surface area contributed by atoms with E-state index < -0.39 is 12.7 Å². The largest absolute Gasteiger partial charge is 0.405 e. The van der Waals surface area contributed by atoms with Gasteiger partial charge in [0.1, 0.15) is 17.4 Å². The fourth-order valence-electron chi connectivity index (χ4n) is 3.61. The summed E-state index contributed by atoms with van der Waals surface area (Å²) >= 11 is 1.54. The highest BCUT2D eigenvalue weighted by molar-refractivity contribution is 8.13. The molecule has 0 bridgehead atoms. The van der Waals surface area contributed by atoms with Gasteiger partial charge in [-0.3, -0.25) is 4.98 Å². The molecule has 2 aromatic rings. The Hall–Kier alpha value is -2.40. The number of rotatable bonds is 9. The van der Waals surface area contributed by atoms with Crippen LogP contribution in [0.5, 0.6) is 0 Å². The number of hydrogen-bond donors (Lipinski definition) is 3. The zero-order valence-corrected chi connectivity index (χ0v) is 20.0. The molecule has 3 N–H and O–H groups in total. The topological polar surface area (TPSA) is 95.3 Å². The van der Waals surface area contributed by atoms with Crippen LogP contribution in [0.25, 0.3) is 0 Å². The number of aliphatic hydroxyl groups is 1. The predicted octanol–water partition coefficient (Wildman–Crippen LogP) is 4.92. The van der Waals surface area contributed by atoms with Crippen molar-refractivity contribution in [3.63, 3.8) is 0 Å². The maximum atomic E-state index is 12.7. The molecule has 1 atom stereocenters. The zero-order valence-electron chi connectivity index (χ0n) is 19.2. The molecule has 0 spiro atoms. The fraction of sp³-hybridized carbons (Fsp3) is 0.545. The van der Waals surface area contributed by atoms with Crippen molar-refractivity contribution in [3.05, 3.63) is 34.3 Å². The number of pyridine rings is 1. The fourth-order valence-corrected chi connectivity index (χ4v) is 4.66. The summed E-state index contributed by atoms with van der Waals surface area (Å²) in [4.78, 5) is 17.9. The van der Waals surface area contributed by atoms with E-state index in [1.54, 1.807) is 6.92 Å². The molecule has 3 heterocycles. The SMILES string of the molecule is CCC(CO)CCNc1nc(NCC(F)(F)F)nc(C)c1C1=Nc2c(cc(C)nc2C)CS1. The van der Waals surface area contributed by atoms with Crippen LogP contribution < -0.4 is 10.6 Å². The van der Waals surface area contributed by atoms with Gasteiger partial charge in [-0.2, -0.15) is 18.2 Å². The van der Waals surface area contributed by atoms with Gasteiger partial charge in [-0.25, -0.2) is 9.98 Å². The molecule has 0 radical (unpaired) electrons. The van der Waals surface area contributed by atoms with Gasteiger partial charge in [0.25, 0.3) is 0 Å². The number of aliphatic hydroxyl groups excluding tert-OH is 1. The van der Waals surface area contributed by atoms with Crippen LogP contribution in [0.4, 0.5) is 30.6 Å². The molecule has 0 aliphatic carbocycles. The molecule has 1 aliphatic heterocycles. The average molecular weight is 483 g/mol. The van der Waals surface area contributed by atoms with E-state index in [0.29, 0.717) is 40.8 Å². The second-order valence-electron chi connectivity index (χ2n) is 8.06. The van der Waals surface area contributed by atoms with E-state index in [0.717, 1.165) is 29.1 Å². The molecule has 0 aromatic carbocycles. The second-order valence-corrected chi connectivity index (χ2v) is 9.02. The van der Waals surface area contributed by atoms with Crippen molar-refractivity contribution >= 4 is 34.3 Å². The minimum absolute atomic E-state index is 0.0806. The number of anilines is 2. The van der Waals surface area contributed by atoms with Gasteiger partial charge >= 0.3 is 6.18 Å². The number of hydrogen-bond acceptors (Lipinski definition) is 8. The minimum Gasteiger partial charge on any atom is -0.396 e. The Morgan fingerprint density at radius 3 is 2.55 bits per heavy atom. The van der Waals surface area contributed by atoms with E-state index in [-0.39, 0.29) is 18.5 Å². The summed E-state index contributed by atoms with van der Waals surface area (Å²) in [5.74, 6) is 1.16.